The molecule has 5 heteroatoms. The van der Waals surface area contributed by atoms with Gasteiger partial charge in [0.05, 0.1) is 5.56 Å². The molecule has 17 heavy (non-hydrogen) atoms. The Morgan fingerprint density at radius 3 is 2.88 bits per heavy atom. The molecule has 3 N–H and O–H groups in total. The smallest absolute Gasteiger partial charge is 0.255 e. The first-order valence-corrected chi connectivity index (χ1v) is 5.51. The van der Waals surface area contributed by atoms with Gasteiger partial charge >= 0.3 is 0 Å². The van der Waals surface area contributed by atoms with Gasteiger partial charge in [-0.15, -0.1) is 0 Å². The molecule has 0 aromatic heterocycles. The standard InChI is InChI=1S/C12H18FN3O/c1-15-6-3-7-16(2)12(17)10-8-9(13)4-5-11(10)14/h4-5,8,15H,3,6-7,14H2,1-2H3. The Bertz CT molecular complexity index is 395. The maximum Gasteiger partial charge on any atom is 0.255 e. The molecular weight excluding hydrogens is 221 g/mol. The lowest BCUT2D eigenvalue weighted by Crippen LogP contribution is -2.30. The van der Waals surface area contributed by atoms with Crippen LogP contribution in [-0.4, -0.2) is 38.0 Å². The molecule has 0 radical (unpaired) electrons. The minimum absolute atomic E-state index is 0.219. The van der Waals surface area contributed by atoms with Crippen molar-refractivity contribution in [3.8, 4) is 0 Å². The molecule has 1 rings (SSSR count). The maximum atomic E-state index is 13.0. The van der Waals surface area contributed by atoms with Crippen LogP contribution in [0.2, 0.25) is 0 Å². The number of benzene rings is 1. The lowest BCUT2D eigenvalue weighted by atomic mass is 10.1. The van der Waals surface area contributed by atoms with Crippen LogP contribution >= 0.6 is 0 Å². The monoisotopic (exact) mass is 239 g/mol. The van der Waals surface area contributed by atoms with Crippen LogP contribution in [-0.2, 0) is 0 Å². The second-order valence-corrected chi connectivity index (χ2v) is 3.92. The molecule has 1 aromatic rings. The Hall–Kier alpha value is -1.62. The average molecular weight is 239 g/mol. The van der Waals surface area contributed by atoms with E-state index >= 15 is 0 Å². The van der Waals surface area contributed by atoms with Crippen molar-refractivity contribution in [3.63, 3.8) is 0 Å². The summed E-state index contributed by atoms with van der Waals surface area (Å²) in [6, 6.07) is 3.82. The van der Waals surface area contributed by atoms with E-state index in [-0.39, 0.29) is 11.5 Å². The summed E-state index contributed by atoms with van der Waals surface area (Å²) >= 11 is 0. The van der Waals surface area contributed by atoms with Crippen LogP contribution in [0.5, 0.6) is 0 Å². The molecule has 1 amide bonds. The van der Waals surface area contributed by atoms with Crippen molar-refractivity contribution in [2.45, 2.75) is 6.42 Å². The van der Waals surface area contributed by atoms with Gasteiger partial charge in [0.25, 0.3) is 5.91 Å². The van der Waals surface area contributed by atoms with Crippen LogP contribution in [0.4, 0.5) is 10.1 Å². The first-order valence-electron chi connectivity index (χ1n) is 5.51. The lowest BCUT2D eigenvalue weighted by Gasteiger charge is -2.18. The number of halogens is 1. The molecule has 0 aliphatic rings. The first-order chi connectivity index (χ1) is 8.06. The number of hydrogen-bond donors (Lipinski definition) is 2. The van der Waals surface area contributed by atoms with Crippen LogP contribution in [0, 0.1) is 5.82 Å². The number of anilines is 1. The molecule has 0 heterocycles. The van der Waals surface area contributed by atoms with Gasteiger partial charge in [-0.05, 0) is 38.2 Å². The molecule has 0 atom stereocenters. The highest BCUT2D eigenvalue weighted by Gasteiger charge is 2.14. The molecular formula is C12H18FN3O. The van der Waals surface area contributed by atoms with Gasteiger partial charge in [-0.25, -0.2) is 4.39 Å². The number of nitrogens with zero attached hydrogens (tertiary/aromatic N) is 1. The lowest BCUT2D eigenvalue weighted by molar-refractivity contribution is 0.0794. The van der Waals surface area contributed by atoms with E-state index in [0.29, 0.717) is 12.2 Å². The SMILES string of the molecule is CNCCCN(C)C(=O)c1cc(F)ccc1N. The highest BCUT2D eigenvalue weighted by Crippen LogP contribution is 2.15. The summed E-state index contributed by atoms with van der Waals surface area (Å²) in [7, 11) is 3.54. The maximum absolute atomic E-state index is 13.0. The third kappa shape index (κ3) is 3.71. The molecule has 94 valence electrons. The number of carbonyl (C=O) groups excluding carboxylic acids is 1. The van der Waals surface area contributed by atoms with Crippen molar-refractivity contribution in [1.29, 1.82) is 0 Å². The fourth-order valence-electron chi connectivity index (χ4n) is 1.51. The Morgan fingerprint density at radius 2 is 2.24 bits per heavy atom. The van der Waals surface area contributed by atoms with Crippen LogP contribution in [0.3, 0.4) is 0 Å². The Balaban J connectivity index is 2.71. The van der Waals surface area contributed by atoms with Gasteiger partial charge in [0, 0.05) is 19.3 Å². The summed E-state index contributed by atoms with van der Waals surface area (Å²) in [6.07, 6.45) is 0.841. The number of carbonyl (C=O) groups is 1. The van der Waals surface area contributed by atoms with E-state index in [2.05, 4.69) is 5.32 Å². The average Bonchev–Trinajstić information content (AvgIpc) is 2.31. The fourth-order valence-corrected chi connectivity index (χ4v) is 1.51. The summed E-state index contributed by atoms with van der Waals surface area (Å²) in [5, 5.41) is 3.00. The number of hydrogen-bond acceptors (Lipinski definition) is 3. The first kappa shape index (κ1) is 13.4. The number of amides is 1. The minimum atomic E-state index is -0.453. The molecule has 0 saturated carbocycles. The highest BCUT2D eigenvalue weighted by atomic mass is 19.1. The van der Waals surface area contributed by atoms with E-state index in [4.69, 9.17) is 5.73 Å². The second-order valence-electron chi connectivity index (χ2n) is 3.92. The minimum Gasteiger partial charge on any atom is -0.398 e. The predicted octanol–water partition coefficient (Wildman–Crippen LogP) is 1.09. The van der Waals surface area contributed by atoms with Gasteiger partial charge < -0.3 is 16.0 Å². The van der Waals surface area contributed by atoms with Gasteiger partial charge in [0.1, 0.15) is 5.82 Å². The van der Waals surface area contributed by atoms with E-state index in [1.807, 2.05) is 7.05 Å². The number of rotatable bonds is 5. The zero-order chi connectivity index (χ0) is 12.8. The Kier molecular flexibility index (Phi) is 4.90. The molecule has 0 aliphatic heterocycles. The topological polar surface area (TPSA) is 58.4 Å². The predicted molar refractivity (Wildman–Crippen MR) is 66.3 cm³/mol. The summed E-state index contributed by atoms with van der Waals surface area (Å²) in [5.41, 5.74) is 6.18. The van der Waals surface area contributed by atoms with Gasteiger partial charge in [-0.2, -0.15) is 0 Å². The molecule has 0 aliphatic carbocycles. The van der Waals surface area contributed by atoms with Crippen LogP contribution in [0.25, 0.3) is 0 Å². The second kappa shape index (κ2) is 6.20. The van der Waals surface area contributed by atoms with Crippen LogP contribution in [0.1, 0.15) is 16.8 Å². The number of nitrogen functional groups attached to an aromatic ring is 1. The summed E-state index contributed by atoms with van der Waals surface area (Å²) in [4.78, 5) is 13.5. The Labute approximate surface area is 101 Å². The molecule has 0 saturated heterocycles. The number of nitrogens with one attached hydrogen (secondary N) is 1. The van der Waals surface area contributed by atoms with Crippen molar-refractivity contribution < 1.29 is 9.18 Å². The van der Waals surface area contributed by atoms with E-state index in [1.165, 1.54) is 18.2 Å². The van der Waals surface area contributed by atoms with E-state index in [1.54, 1.807) is 11.9 Å². The molecule has 0 bridgehead atoms. The molecule has 0 spiro atoms. The molecule has 1 aromatic carbocycles. The van der Waals surface area contributed by atoms with E-state index in [9.17, 15) is 9.18 Å². The molecule has 0 fully saturated rings. The molecule has 4 nitrogen and oxygen atoms in total. The largest absolute Gasteiger partial charge is 0.398 e. The Morgan fingerprint density at radius 1 is 1.53 bits per heavy atom. The summed E-state index contributed by atoms with van der Waals surface area (Å²) < 4.78 is 13.0. The van der Waals surface area contributed by atoms with Crippen molar-refractivity contribution in [1.82, 2.24) is 10.2 Å². The number of nitrogens with two attached hydrogens (primary N) is 1. The highest BCUT2D eigenvalue weighted by molar-refractivity contribution is 5.98. The van der Waals surface area contributed by atoms with E-state index < -0.39 is 5.82 Å². The third-order valence-corrected chi connectivity index (χ3v) is 2.51. The van der Waals surface area contributed by atoms with E-state index in [0.717, 1.165) is 13.0 Å². The van der Waals surface area contributed by atoms with Crippen molar-refractivity contribution in [2.24, 2.45) is 0 Å². The zero-order valence-electron chi connectivity index (χ0n) is 10.2. The van der Waals surface area contributed by atoms with Crippen LogP contribution < -0.4 is 11.1 Å². The molecule has 0 unspecified atom stereocenters. The van der Waals surface area contributed by atoms with Gasteiger partial charge in [0.2, 0.25) is 0 Å². The van der Waals surface area contributed by atoms with Crippen LogP contribution in [0.15, 0.2) is 18.2 Å². The third-order valence-electron chi connectivity index (χ3n) is 2.51. The van der Waals surface area contributed by atoms with Crippen molar-refractivity contribution >= 4 is 11.6 Å². The fraction of sp³-hybridized carbons (Fsp3) is 0.417. The van der Waals surface area contributed by atoms with Crippen molar-refractivity contribution in [2.75, 3.05) is 32.9 Å². The quantitative estimate of drug-likeness (QED) is 0.597. The summed E-state index contributed by atoms with van der Waals surface area (Å²) in [6.45, 7) is 1.44. The van der Waals surface area contributed by atoms with Gasteiger partial charge in [-0.3, -0.25) is 4.79 Å². The zero-order valence-corrected chi connectivity index (χ0v) is 10.2. The summed E-state index contributed by atoms with van der Waals surface area (Å²) in [5.74, 6) is -0.704. The van der Waals surface area contributed by atoms with Crippen molar-refractivity contribution in [3.05, 3.63) is 29.6 Å². The van der Waals surface area contributed by atoms with Gasteiger partial charge in [-0.1, -0.05) is 0 Å². The normalized spacial score (nSPS) is 10.3. The van der Waals surface area contributed by atoms with Gasteiger partial charge in [0.15, 0.2) is 0 Å².